The van der Waals surface area contributed by atoms with E-state index in [0.717, 1.165) is 11.1 Å². The maximum Gasteiger partial charge on any atom is 0.123 e. The SMILES string of the molecule is CC(c1ccc(F)cc1)c1cn[nH]c1. The van der Waals surface area contributed by atoms with Gasteiger partial charge in [-0.1, -0.05) is 19.1 Å². The predicted molar refractivity (Wildman–Crippen MR) is 52.5 cm³/mol. The first-order valence-electron chi connectivity index (χ1n) is 4.51. The largest absolute Gasteiger partial charge is 0.285 e. The molecule has 0 bridgehead atoms. The minimum Gasteiger partial charge on any atom is -0.285 e. The van der Waals surface area contributed by atoms with Gasteiger partial charge in [0, 0.05) is 12.1 Å². The molecule has 1 heterocycles. The summed E-state index contributed by atoms with van der Waals surface area (Å²) in [5.74, 6) is 0.0440. The number of H-pyrrole nitrogens is 1. The van der Waals surface area contributed by atoms with Crippen LogP contribution in [0.4, 0.5) is 4.39 Å². The lowest BCUT2D eigenvalue weighted by Gasteiger charge is -2.08. The van der Waals surface area contributed by atoms with Crippen LogP contribution in [0.2, 0.25) is 0 Å². The van der Waals surface area contributed by atoms with Gasteiger partial charge in [-0.25, -0.2) is 4.39 Å². The molecule has 2 aromatic rings. The molecule has 14 heavy (non-hydrogen) atoms. The first-order chi connectivity index (χ1) is 6.77. The second-order valence-electron chi connectivity index (χ2n) is 3.30. The Morgan fingerprint density at radius 3 is 2.50 bits per heavy atom. The second-order valence-corrected chi connectivity index (χ2v) is 3.30. The Labute approximate surface area is 81.8 Å². The van der Waals surface area contributed by atoms with Crippen LogP contribution in [0.5, 0.6) is 0 Å². The molecule has 0 aliphatic rings. The maximum absolute atomic E-state index is 12.7. The molecule has 1 N–H and O–H groups in total. The quantitative estimate of drug-likeness (QED) is 0.774. The van der Waals surface area contributed by atoms with E-state index in [9.17, 15) is 4.39 Å². The number of aromatic amines is 1. The van der Waals surface area contributed by atoms with E-state index < -0.39 is 0 Å². The summed E-state index contributed by atoms with van der Waals surface area (Å²) in [5.41, 5.74) is 2.20. The van der Waals surface area contributed by atoms with E-state index >= 15 is 0 Å². The van der Waals surface area contributed by atoms with E-state index in [-0.39, 0.29) is 11.7 Å². The molecule has 0 saturated carbocycles. The highest BCUT2D eigenvalue weighted by molar-refractivity contribution is 5.28. The lowest BCUT2D eigenvalue weighted by Crippen LogP contribution is -1.93. The predicted octanol–water partition coefficient (Wildman–Crippen LogP) is 2.70. The van der Waals surface area contributed by atoms with E-state index in [2.05, 4.69) is 17.1 Å². The van der Waals surface area contributed by atoms with Gasteiger partial charge in [0.1, 0.15) is 5.82 Å². The summed E-state index contributed by atoms with van der Waals surface area (Å²) < 4.78 is 12.7. The van der Waals surface area contributed by atoms with Gasteiger partial charge < -0.3 is 0 Å². The Morgan fingerprint density at radius 2 is 1.93 bits per heavy atom. The molecule has 0 aliphatic heterocycles. The third-order valence-corrected chi connectivity index (χ3v) is 2.39. The lowest BCUT2D eigenvalue weighted by molar-refractivity contribution is 0.626. The van der Waals surface area contributed by atoms with Crippen LogP contribution in [-0.2, 0) is 0 Å². The minimum atomic E-state index is -0.201. The number of nitrogens with zero attached hydrogens (tertiary/aromatic N) is 1. The van der Waals surface area contributed by atoms with Crippen molar-refractivity contribution >= 4 is 0 Å². The van der Waals surface area contributed by atoms with E-state index in [1.165, 1.54) is 12.1 Å². The number of hydrogen-bond donors (Lipinski definition) is 1. The van der Waals surface area contributed by atoms with Gasteiger partial charge in [-0.3, -0.25) is 5.10 Å². The summed E-state index contributed by atoms with van der Waals surface area (Å²) in [6.07, 6.45) is 3.64. The summed E-state index contributed by atoms with van der Waals surface area (Å²) in [7, 11) is 0. The van der Waals surface area contributed by atoms with Crippen molar-refractivity contribution in [1.29, 1.82) is 0 Å². The van der Waals surface area contributed by atoms with Crippen molar-refractivity contribution < 1.29 is 4.39 Å². The summed E-state index contributed by atoms with van der Waals surface area (Å²) in [5, 5.41) is 6.65. The molecular weight excluding hydrogens is 179 g/mol. The van der Waals surface area contributed by atoms with Gasteiger partial charge >= 0.3 is 0 Å². The van der Waals surface area contributed by atoms with Gasteiger partial charge in [-0.2, -0.15) is 5.10 Å². The zero-order chi connectivity index (χ0) is 9.97. The molecule has 1 unspecified atom stereocenters. The standard InChI is InChI=1S/C11H11FN2/c1-8(10-6-13-14-7-10)9-2-4-11(12)5-3-9/h2-8H,1H3,(H,13,14). The molecule has 0 aliphatic carbocycles. The number of hydrogen-bond acceptors (Lipinski definition) is 1. The Morgan fingerprint density at radius 1 is 1.21 bits per heavy atom. The van der Waals surface area contributed by atoms with Crippen LogP contribution < -0.4 is 0 Å². The molecule has 0 radical (unpaired) electrons. The van der Waals surface area contributed by atoms with Gasteiger partial charge in [0.15, 0.2) is 0 Å². The van der Waals surface area contributed by atoms with Crippen molar-refractivity contribution in [2.45, 2.75) is 12.8 Å². The van der Waals surface area contributed by atoms with Crippen LogP contribution in [0.15, 0.2) is 36.7 Å². The zero-order valence-corrected chi connectivity index (χ0v) is 7.87. The fourth-order valence-electron chi connectivity index (χ4n) is 1.44. The molecule has 1 aromatic heterocycles. The van der Waals surface area contributed by atoms with Crippen LogP contribution in [0.1, 0.15) is 24.0 Å². The lowest BCUT2D eigenvalue weighted by atomic mass is 9.96. The molecule has 72 valence electrons. The number of nitrogens with one attached hydrogen (secondary N) is 1. The van der Waals surface area contributed by atoms with Crippen LogP contribution >= 0.6 is 0 Å². The summed E-state index contributed by atoms with van der Waals surface area (Å²) >= 11 is 0. The van der Waals surface area contributed by atoms with Crippen molar-refractivity contribution in [2.75, 3.05) is 0 Å². The van der Waals surface area contributed by atoms with Crippen LogP contribution in [0.25, 0.3) is 0 Å². The first kappa shape index (κ1) is 8.94. The van der Waals surface area contributed by atoms with Crippen molar-refractivity contribution in [2.24, 2.45) is 0 Å². The van der Waals surface area contributed by atoms with Crippen molar-refractivity contribution in [3.05, 3.63) is 53.6 Å². The topological polar surface area (TPSA) is 28.7 Å². The minimum absolute atomic E-state index is 0.201. The molecule has 1 atom stereocenters. The van der Waals surface area contributed by atoms with E-state index in [0.29, 0.717) is 0 Å². The van der Waals surface area contributed by atoms with Crippen LogP contribution in [-0.4, -0.2) is 10.2 Å². The first-order valence-corrected chi connectivity index (χ1v) is 4.51. The highest BCUT2D eigenvalue weighted by Crippen LogP contribution is 2.22. The van der Waals surface area contributed by atoms with Gasteiger partial charge in [0.05, 0.1) is 6.20 Å². The summed E-state index contributed by atoms with van der Waals surface area (Å²) in [6.45, 7) is 2.07. The Kier molecular flexibility index (Phi) is 2.31. The second kappa shape index (κ2) is 3.62. The Balaban J connectivity index is 2.28. The molecule has 1 aromatic carbocycles. The molecule has 0 fully saturated rings. The molecule has 2 rings (SSSR count). The number of aromatic nitrogens is 2. The van der Waals surface area contributed by atoms with Crippen molar-refractivity contribution in [3.63, 3.8) is 0 Å². The Bertz CT molecular complexity index is 392. The average molecular weight is 190 g/mol. The third-order valence-electron chi connectivity index (χ3n) is 2.39. The number of rotatable bonds is 2. The Hall–Kier alpha value is -1.64. The summed E-state index contributed by atoms with van der Waals surface area (Å²) in [4.78, 5) is 0. The van der Waals surface area contributed by atoms with E-state index in [1.54, 1.807) is 18.3 Å². The third kappa shape index (κ3) is 1.66. The van der Waals surface area contributed by atoms with Crippen molar-refractivity contribution in [1.82, 2.24) is 10.2 Å². The van der Waals surface area contributed by atoms with Crippen LogP contribution in [0, 0.1) is 5.82 Å². The number of benzene rings is 1. The fraction of sp³-hybridized carbons (Fsp3) is 0.182. The van der Waals surface area contributed by atoms with Gasteiger partial charge in [0.25, 0.3) is 0 Å². The molecule has 0 amide bonds. The molecule has 0 spiro atoms. The number of halogens is 1. The van der Waals surface area contributed by atoms with Crippen molar-refractivity contribution in [3.8, 4) is 0 Å². The average Bonchev–Trinajstić information content (AvgIpc) is 2.71. The highest BCUT2D eigenvalue weighted by atomic mass is 19.1. The maximum atomic E-state index is 12.7. The summed E-state index contributed by atoms with van der Waals surface area (Å²) in [6, 6.07) is 6.55. The molecular formula is C11H11FN2. The smallest absolute Gasteiger partial charge is 0.123 e. The monoisotopic (exact) mass is 190 g/mol. The fourth-order valence-corrected chi connectivity index (χ4v) is 1.44. The van der Waals surface area contributed by atoms with Gasteiger partial charge in [-0.05, 0) is 23.3 Å². The normalized spacial score (nSPS) is 12.7. The molecule has 3 heteroatoms. The van der Waals surface area contributed by atoms with E-state index in [1.807, 2.05) is 6.20 Å². The highest BCUT2D eigenvalue weighted by Gasteiger charge is 2.08. The molecule has 0 saturated heterocycles. The van der Waals surface area contributed by atoms with E-state index in [4.69, 9.17) is 0 Å². The van der Waals surface area contributed by atoms with Crippen LogP contribution in [0.3, 0.4) is 0 Å². The zero-order valence-electron chi connectivity index (χ0n) is 7.87. The van der Waals surface area contributed by atoms with Gasteiger partial charge in [-0.15, -0.1) is 0 Å². The van der Waals surface area contributed by atoms with Gasteiger partial charge in [0.2, 0.25) is 0 Å². The molecule has 2 nitrogen and oxygen atoms in total.